The number of hydrogen-bond acceptors (Lipinski definition) is 4. The molecule has 0 bridgehead atoms. The molecule has 1 saturated heterocycles. The van der Waals surface area contributed by atoms with Gasteiger partial charge in [0.2, 0.25) is 15.9 Å². The van der Waals surface area contributed by atoms with Crippen molar-refractivity contribution in [2.24, 2.45) is 5.73 Å². The number of halogens is 1. The fraction of sp³-hybridized carbons (Fsp3) is 0.533. The summed E-state index contributed by atoms with van der Waals surface area (Å²) < 4.78 is 27.0. The van der Waals surface area contributed by atoms with Gasteiger partial charge in [0.25, 0.3) is 0 Å². The normalized spacial score (nSPS) is 18.9. The molecular formula is C15H24ClN3O3S. The molecule has 6 nitrogen and oxygen atoms in total. The van der Waals surface area contributed by atoms with Crippen molar-refractivity contribution < 1.29 is 13.2 Å². The zero-order chi connectivity index (χ0) is 16.0. The lowest BCUT2D eigenvalue weighted by Crippen LogP contribution is -2.49. The van der Waals surface area contributed by atoms with E-state index in [0.29, 0.717) is 24.5 Å². The molecule has 23 heavy (non-hydrogen) atoms. The van der Waals surface area contributed by atoms with Crippen molar-refractivity contribution in [1.29, 1.82) is 0 Å². The Hall–Kier alpha value is -1.15. The Balaban J connectivity index is 0.00000264. The van der Waals surface area contributed by atoms with Gasteiger partial charge in [-0.15, -0.1) is 12.4 Å². The van der Waals surface area contributed by atoms with Gasteiger partial charge in [-0.25, -0.2) is 8.42 Å². The Morgan fingerprint density at radius 2 is 1.96 bits per heavy atom. The highest BCUT2D eigenvalue weighted by Gasteiger charge is 2.33. The second-order valence-corrected chi connectivity index (χ2v) is 7.31. The first-order chi connectivity index (χ1) is 10.6. The summed E-state index contributed by atoms with van der Waals surface area (Å²) in [5, 5.41) is 2.78. The number of nitrogens with two attached hydrogens (primary N) is 1. The predicted octanol–water partition coefficient (Wildman–Crippen LogP) is 1.12. The molecule has 1 heterocycles. The monoisotopic (exact) mass is 361 g/mol. The highest BCUT2D eigenvalue weighted by molar-refractivity contribution is 7.89. The van der Waals surface area contributed by atoms with E-state index in [-0.39, 0.29) is 30.8 Å². The number of amides is 1. The van der Waals surface area contributed by atoms with Crippen LogP contribution in [0.25, 0.3) is 0 Å². The summed E-state index contributed by atoms with van der Waals surface area (Å²) in [4.78, 5) is 11.9. The Morgan fingerprint density at radius 1 is 1.26 bits per heavy atom. The summed E-state index contributed by atoms with van der Waals surface area (Å²) in [5.41, 5.74) is 5.34. The molecule has 1 fully saturated rings. The standard InChI is InChI=1S/C15H23N3O3S.ClH/c16-10-9-15(19)17-12-13-6-4-5-11-18(13)22(20,21)14-7-2-1-3-8-14;/h1-3,7-8,13H,4-6,9-12,16H2,(H,17,19);1H. The van der Waals surface area contributed by atoms with Gasteiger partial charge < -0.3 is 11.1 Å². The first-order valence-electron chi connectivity index (χ1n) is 7.59. The van der Waals surface area contributed by atoms with E-state index in [1.807, 2.05) is 0 Å². The highest BCUT2D eigenvalue weighted by atomic mass is 35.5. The molecule has 1 unspecified atom stereocenters. The minimum absolute atomic E-state index is 0. The number of hydrogen-bond donors (Lipinski definition) is 2. The summed E-state index contributed by atoms with van der Waals surface area (Å²) in [7, 11) is -3.51. The Labute approximate surface area is 143 Å². The molecule has 1 atom stereocenters. The van der Waals surface area contributed by atoms with Crippen molar-refractivity contribution in [3.05, 3.63) is 30.3 Å². The maximum atomic E-state index is 12.8. The molecule has 130 valence electrons. The second kappa shape index (κ2) is 9.22. The fourth-order valence-electron chi connectivity index (χ4n) is 2.67. The maximum Gasteiger partial charge on any atom is 0.243 e. The minimum Gasteiger partial charge on any atom is -0.354 e. The van der Waals surface area contributed by atoms with Crippen molar-refractivity contribution in [3.63, 3.8) is 0 Å². The minimum atomic E-state index is -3.51. The molecule has 1 aromatic carbocycles. The molecule has 0 spiro atoms. The van der Waals surface area contributed by atoms with E-state index in [4.69, 9.17) is 5.73 Å². The number of carbonyl (C=O) groups excluding carboxylic acids is 1. The van der Waals surface area contributed by atoms with Crippen LogP contribution in [0.4, 0.5) is 0 Å². The van der Waals surface area contributed by atoms with E-state index < -0.39 is 10.0 Å². The van der Waals surface area contributed by atoms with Crippen molar-refractivity contribution in [2.45, 2.75) is 36.6 Å². The number of nitrogens with zero attached hydrogens (tertiary/aromatic N) is 1. The molecule has 0 aliphatic carbocycles. The van der Waals surface area contributed by atoms with Gasteiger partial charge in [0, 0.05) is 32.1 Å². The Kier molecular flexibility index (Phi) is 7.98. The molecule has 8 heteroatoms. The maximum absolute atomic E-state index is 12.8. The van der Waals surface area contributed by atoms with Gasteiger partial charge in [0.05, 0.1) is 4.90 Å². The average molecular weight is 362 g/mol. The van der Waals surface area contributed by atoms with Crippen LogP contribution < -0.4 is 11.1 Å². The topological polar surface area (TPSA) is 92.5 Å². The molecule has 1 aliphatic heterocycles. The molecule has 1 aromatic rings. The summed E-state index contributed by atoms with van der Waals surface area (Å²) in [5.74, 6) is -0.134. The molecule has 0 aromatic heterocycles. The molecule has 0 saturated carbocycles. The van der Waals surface area contributed by atoms with Crippen LogP contribution in [0, 0.1) is 0 Å². The van der Waals surface area contributed by atoms with Crippen LogP contribution in [0.5, 0.6) is 0 Å². The molecular weight excluding hydrogens is 338 g/mol. The quantitative estimate of drug-likeness (QED) is 0.794. The number of nitrogens with one attached hydrogen (secondary N) is 1. The van der Waals surface area contributed by atoms with Gasteiger partial charge >= 0.3 is 0 Å². The first kappa shape index (κ1) is 19.9. The van der Waals surface area contributed by atoms with Crippen LogP contribution in [-0.4, -0.2) is 44.3 Å². The summed E-state index contributed by atoms with van der Waals surface area (Å²) in [6.45, 7) is 1.13. The lowest BCUT2D eigenvalue weighted by atomic mass is 10.1. The van der Waals surface area contributed by atoms with Crippen LogP contribution in [0.15, 0.2) is 35.2 Å². The van der Waals surface area contributed by atoms with Gasteiger partial charge in [0.1, 0.15) is 0 Å². The van der Waals surface area contributed by atoms with Gasteiger partial charge in [-0.2, -0.15) is 4.31 Å². The first-order valence-corrected chi connectivity index (χ1v) is 9.03. The summed E-state index contributed by atoms with van der Waals surface area (Å²) in [6.07, 6.45) is 2.84. The van der Waals surface area contributed by atoms with Crippen LogP contribution >= 0.6 is 12.4 Å². The second-order valence-electron chi connectivity index (χ2n) is 5.42. The molecule has 1 aliphatic rings. The smallest absolute Gasteiger partial charge is 0.243 e. The third-order valence-electron chi connectivity index (χ3n) is 3.83. The molecule has 0 radical (unpaired) electrons. The molecule has 3 N–H and O–H groups in total. The van der Waals surface area contributed by atoms with E-state index in [9.17, 15) is 13.2 Å². The zero-order valence-corrected chi connectivity index (χ0v) is 14.6. The predicted molar refractivity (Wildman–Crippen MR) is 91.9 cm³/mol. The third kappa shape index (κ3) is 5.17. The number of rotatable bonds is 6. The highest BCUT2D eigenvalue weighted by Crippen LogP contribution is 2.24. The van der Waals surface area contributed by atoms with Gasteiger partial charge in [-0.3, -0.25) is 4.79 Å². The summed E-state index contributed by atoms with van der Waals surface area (Å²) in [6, 6.07) is 8.24. The van der Waals surface area contributed by atoms with Gasteiger partial charge in [0.15, 0.2) is 0 Å². The zero-order valence-electron chi connectivity index (χ0n) is 13.0. The average Bonchev–Trinajstić information content (AvgIpc) is 2.54. The number of benzene rings is 1. The Morgan fingerprint density at radius 3 is 2.61 bits per heavy atom. The van der Waals surface area contributed by atoms with E-state index >= 15 is 0 Å². The van der Waals surface area contributed by atoms with E-state index in [2.05, 4.69) is 5.32 Å². The van der Waals surface area contributed by atoms with Gasteiger partial charge in [-0.05, 0) is 25.0 Å². The van der Waals surface area contributed by atoms with Crippen molar-refractivity contribution in [3.8, 4) is 0 Å². The number of sulfonamides is 1. The largest absolute Gasteiger partial charge is 0.354 e. The van der Waals surface area contributed by atoms with Crippen LogP contribution in [0.2, 0.25) is 0 Å². The lowest BCUT2D eigenvalue weighted by molar-refractivity contribution is -0.121. The van der Waals surface area contributed by atoms with Crippen molar-refractivity contribution in [1.82, 2.24) is 9.62 Å². The van der Waals surface area contributed by atoms with Crippen LogP contribution in [0.3, 0.4) is 0 Å². The Bertz CT molecular complexity index is 595. The SMILES string of the molecule is Cl.NCCC(=O)NCC1CCCCN1S(=O)(=O)c1ccccc1. The molecule has 1 amide bonds. The number of piperidine rings is 1. The summed E-state index contributed by atoms with van der Waals surface area (Å²) >= 11 is 0. The van der Waals surface area contributed by atoms with Gasteiger partial charge in [-0.1, -0.05) is 24.6 Å². The lowest BCUT2D eigenvalue weighted by Gasteiger charge is -2.34. The third-order valence-corrected chi connectivity index (χ3v) is 5.80. The van der Waals surface area contributed by atoms with E-state index in [1.54, 1.807) is 30.3 Å². The van der Waals surface area contributed by atoms with E-state index in [0.717, 1.165) is 19.3 Å². The van der Waals surface area contributed by atoms with Crippen LogP contribution in [0.1, 0.15) is 25.7 Å². The van der Waals surface area contributed by atoms with E-state index in [1.165, 1.54) is 4.31 Å². The van der Waals surface area contributed by atoms with Crippen LogP contribution in [-0.2, 0) is 14.8 Å². The van der Waals surface area contributed by atoms with Crippen molar-refractivity contribution >= 4 is 28.3 Å². The molecule has 2 rings (SSSR count). The van der Waals surface area contributed by atoms with Crippen molar-refractivity contribution in [2.75, 3.05) is 19.6 Å². The fourth-order valence-corrected chi connectivity index (χ4v) is 4.39. The number of carbonyl (C=O) groups is 1.